The van der Waals surface area contributed by atoms with Crippen LogP contribution in [0.25, 0.3) is 10.9 Å². The zero-order valence-corrected chi connectivity index (χ0v) is 13.3. The number of aromatic nitrogens is 1. The molecule has 4 nitrogen and oxygen atoms in total. The molecule has 1 atom stereocenters. The average molecular weight is 308 g/mol. The fraction of sp³-hybridized carbons (Fsp3) is 0.263. The van der Waals surface area contributed by atoms with Gasteiger partial charge in [0.25, 0.3) is 0 Å². The predicted octanol–water partition coefficient (Wildman–Crippen LogP) is 3.42. The van der Waals surface area contributed by atoms with Gasteiger partial charge in [0.15, 0.2) is 0 Å². The van der Waals surface area contributed by atoms with E-state index in [0.29, 0.717) is 0 Å². The first kappa shape index (κ1) is 14.2. The van der Waals surface area contributed by atoms with E-state index in [-0.39, 0.29) is 6.04 Å². The number of H-pyrrole nitrogens is 1. The van der Waals surface area contributed by atoms with Crippen LogP contribution >= 0.6 is 0 Å². The molecule has 0 bridgehead atoms. The van der Waals surface area contributed by atoms with Gasteiger partial charge in [0, 0.05) is 23.1 Å². The van der Waals surface area contributed by atoms with Crippen LogP contribution in [0.3, 0.4) is 0 Å². The molecule has 0 spiro atoms. The van der Waals surface area contributed by atoms with Gasteiger partial charge < -0.3 is 19.8 Å². The zero-order valence-electron chi connectivity index (χ0n) is 13.3. The molecule has 1 aliphatic rings. The van der Waals surface area contributed by atoms with Crippen LogP contribution < -0.4 is 14.8 Å². The quantitative estimate of drug-likeness (QED) is 0.779. The molecule has 118 valence electrons. The molecule has 2 heterocycles. The number of nitrogens with one attached hydrogen (secondary N) is 2. The Bertz CT molecular complexity index is 836. The molecular formula is C19H20N2O2. The lowest BCUT2D eigenvalue weighted by Crippen LogP contribution is -2.30. The van der Waals surface area contributed by atoms with Gasteiger partial charge in [-0.3, -0.25) is 0 Å². The monoisotopic (exact) mass is 308 g/mol. The zero-order chi connectivity index (χ0) is 15.8. The molecule has 0 aliphatic carbocycles. The van der Waals surface area contributed by atoms with Crippen molar-refractivity contribution in [1.29, 1.82) is 0 Å². The number of rotatable bonds is 3. The molecule has 1 aliphatic heterocycles. The fourth-order valence-corrected chi connectivity index (χ4v) is 3.41. The van der Waals surface area contributed by atoms with Gasteiger partial charge in [0.05, 0.1) is 20.3 Å². The van der Waals surface area contributed by atoms with Crippen molar-refractivity contribution >= 4 is 10.9 Å². The van der Waals surface area contributed by atoms with Crippen molar-refractivity contribution in [2.75, 3.05) is 20.8 Å². The van der Waals surface area contributed by atoms with E-state index in [1.54, 1.807) is 14.2 Å². The van der Waals surface area contributed by atoms with Crippen molar-refractivity contribution in [2.24, 2.45) is 0 Å². The topological polar surface area (TPSA) is 46.3 Å². The van der Waals surface area contributed by atoms with E-state index in [1.165, 1.54) is 22.2 Å². The Labute approximate surface area is 135 Å². The summed E-state index contributed by atoms with van der Waals surface area (Å²) in [5.41, 5.74) is 5.05. The molecule has 0 radical (unpaired) electrons. The summed E-state index contributed by atoms with van der Waals surface area (Å²) in [6, 6.07) is 14.7. The van der Waals surface area contributed by atoms with Crippen LogP contribution in [0, 0.1) is 0 Å². The summed E-state index contributed by atoms with van der Waals surface area (Å²) in [4.78, 5) is 3.60. The van der Waals surface area contributed by atoms with Gasteiger partial charge in [-0.1, -0.05) is 12.1 Å². The lowest BCUT2D eigenvalue weighted by atomic mass is 9.94. The van der Waals surface area contributed by atoms with E-state index in [2.05, 4.69) is 34.6 Å². The predicted molar refractivity (Wildman–Crippen MR) is 91.4 cm³/mol. The lowest BCUT2D eigenvalue weighted by Gasteiger charge is -2.25. The van der Waals surface area contributed by atoms with Crippen molar-refractivity contribution in [3.8, 4) is 11.5 Å². The van der Waals surface area contributed by atoms with Crippen molar-refractivity contribution in [2.45, 2.75) is 12.5 Å². The van der Waals surface area contributed by atoms with Crippen LogP contribution in [-0.4, -0.2) is 25.7 Å². The molecule has 3 aromatic rings. The normalized spacial score (nSPS) is 17.0. The Morgan fingerprint density at radius 2 is 1.70 bits per heavy atom. The minimum absolute atomic E-state index is 0.183. The summed E-state index contributed by atoms with van der Waals surface area (Å²) in [5, 5.41) is 4.88. The Morgan fingerprint density at radius 1 is 0.957 bits per heavy atom. The van der Waals surface area contributed by atoms with Crippen LogP contribution in [-0.2, 0) is 6.42 Å². The summed E-state index contributed by atoms with van der Waals surface area (Å²) < 4.78 is 10.6. The van der Waals surface area contributed by atoms with Gasteiger partial charge in [0.2, 0.25) is 0 Å². The number of hydrogen-bond acceptors (Lipinski definition) is 3. The van der Waals surface area contributed by atoms with Crippen molar-refractivity contribution in [1.82, 2.24) is 10.3 Å². The number of benzene rings is 2. The van der Waals surface area contributed by atoms with Gasteiger partial charge in [-0.05, 0) is 47.9 Å². The number of methoxy groups -OCH3 is 2. The molecule has 4 rings (SSSR count). The first-order chi connectivity index (χ1) is 11.3. The summed E-state index contributed by atoms with van der Waals surface area (Å²) in [5.74, 6) is 1.78. The maximum Gasteiger partial charge on any atom is 0.119 e. The molecule has 1 unspecified atom stereocenters. The molecule has 23 heavy (non-hydrogen) atoms. The first-order valence-electron chi connectivity index (χ1n) is 7.86. The number of ether oxygens (including phenoxy) is 2. The molecule has 2 N–H and O–H groups in total. The van der Waals surface area contributed by atoms with E-state index < -0.39 is 0 Å². The smallest absolute Gasteiger partial charge is 0.119 e. The third kappa shape index (κ3) is 2.35. The first-order valence-corrected chi connectivity index (χ1v) is 7.86. The third-order valence-electron chi connectivity index (χ3n) is 4.61. The van der Waals surface area contributed by atoms with E-state index in [4.69, 9.17) is 9.47 Å². The lowest BCUT2D eigenvalue weighted by molar-refractivity contribution is 0.414. The van der Waals surface area contributed by atoms with Crippen LogP contribution in [0.4, 0.5) is 0 Å². The highest BCUT2D eigenvalue weighted by Crippen LogP contribution is 2.35. The number of aromatic amines is 1. The van der Waals surface area contributed by atoms with Crippen LogP contribution in [0.2, 0.25) is 0 Å². The van der Waals surface area contributed by atoms with Gasteiger partial charge in [-0.25, -0.2) is 0 Å². The van der Waals surface area contributed by atoms with Gasteiger partial charge in [-0.2, -0.15) is 0 Å². The average Bonchev–Trinajstić information content (AvgIpc) is 2.99. The van der Waals surface area contributed by atoms with Gasteiger partial charge in [-0.15, -0.1) is 0 Å². The Hall–Kier alpha value is -2.46. The van der Waals surface area contributed by atoms with Gasteiger partial charge >= 0.3 is 0 Å². The van der Waals surface area contributed by atoms with Crippen molar-refractivity contribution in [3.05, 3.63) is 59.3 Å². The third-order valence-corrected chi connectivity index (χ3v) is 4.61. The number of hydrogen-bond donors (Lipinski definition) is 2. The largest absolute Gasteiger partial charge is 0.497 e. The molecular weight excluding hydrogens is 288 g/mol. The van der Waals surface area contributed by atoms with Crippen molar-refractivity contribution in [3.63, 3.8) is 0 Å². The minimum Gasteiger partial charge on any atom is -0.497 e. The molecule has 4 heteroatoms. The second kappa shape index (κ2) is 5.63. The molecule has 1 aromatic heterocycles. The number of fused-ring (bicyclic) bond motifs is 3. The highest BCUT2D eigenvalue weighted by molar-refractivity contribution is 5.86. The highest BCUT2D eigenvalue weighted by atomic mass is 16.5. The maximum absolute atomic E-state index is 5.38. The van der Waals surface area contributed by atoms with Gasteiger partial charge in [0.1, 0.15) is 11.5 Å². The van der Waals surface area contributed by atoms with E-state index >= 15 is 0 Å². The molecule has 0 saturated heterocycles. The molecule has 0 fully saturated rings. The second-order valence-electron chi connectivity index (χ2n) is 5.84. The summed E-state index contributed by atoms with van der Waals surface area (Å²) in [7, 11) is 3.40. The summed E-state index contributed by atoms with van der Waals surface area (Å²) >= 11 is 0. The highest BCUT2D eigenvalue weighted by Gasteiger charge is 2.25. The van der Waals surface area contributed by atoms with Crippen molar-refractivity contribution < 1.29 is 9.47 Å². The van der Waals surface area contributed by atoms with E-state index in [1.807, 2.05) is 18.2 Å². The standard InChI is InChI=1S/C19H20N2O2/c1-22-13-5-3-12(4-6-13)18-19-15(9-10-20-18)16-11-14(23-2)7-8-17(16)21-19/h3-8,11,18,20-21H,9-10H2,1-2H3. The fourth-order valence-electron chi connectivity index (χ4n) is 3.41. The van der Waals surface area contributed by atoms with E-state index in [0.717, 1.165) is 30.0 Å². The second-order valence-corrected chi connectivity index (χ2v) is 5.84. The Balaban J connectivity index is 1.81. The van der Waals surface area contributed by atoms with Crippen LogP contribution in [0.5, 0.6) is 11.5 Å². The van der Waals surface area contributed by atoms with Crippen LogP contribution in [0.15, 0.2) is 42.5 Å². The minimum atomic E-state index is 0.183. The summed E-state index contributed by atoms with van der Waals surface area (Å²) in [6.07, 6.45) is 1.02. The van der Waals surface area contributed by atoms with Crippen LogP contribution in [0.1, 0.15) is 22.9 Å². The summed E-state index contributed by atoms with van der Waals surface area (Å²) in [6.45, 7) is 0.966. The Morgan fingerprint density at radius 3 is 2.43 bits per heavy atom. The maximum atomic E-state index is 5.38. The van der Waals surface area contributed by atoms with E-state index in [9.17, 15) is 0 Å². The Kier molecular flexibility index (Phi) is 3.46. The SMILES string of the molecule is COc1ccc(C2NCCc3c2[nH]c2ccc(OC)cc32)cc1. The molecule has 0 saturated carbocycles. The molecule has 2 aromatic carbocycles. The molecule has 0 amide bonds.